The van der Waals surface area contributed by atoms with Gasteiger partial charge in [0.05, 0.1) is 12.3 Å². The van der Waals surface area contributed by atoms with Crippen molar-refractivity contribution in [1.82, 2.24) is 4.31 Å². The average molecular weight is 320 g/mol. The smallest absolute Gasteiger partial charge is 0.248 e. The molecule has 0 saturated carbocycles. The number of hydrogen-bond donors (Lipinski definition) is 1. The molecule has 1 aromatic rings. The highest BCUT2D eigenvalue weighted by molar-refractivity contribution is 7.89. The quantitative estimate of drug-likeness (QED) is 0.544. The minimum absolute atomic E-state index is 0.107. The van der Waals surface area contributed by atoms with Crippen LogP contribution in [0, 0.1) is 5.82 Å². The highest BCUT2D eigenvalue weighted by Crippen LogP contribution is 2.25. The van der Waals surface area contributed by atoms with Gasteiger partial charge >= 0.3 is 0 Å². The third kappa shape index (κ3) is 4.63. The van der Waals surface area contributed by atoms with E-state index in [0.717, 1.165) is 10.4 Å². The van der Waals surface area contributed by atoms with Crippen LogP contribution in [-0.2, 0) is 19.5 Å². The van der Waals surface area contributed by atoms with Crippen molar-refractivity contribution in [2.75, 3.05) is 46.3 Å². The maximum Gasteiger partial charge on any atom is 0.248 e. The lowest BCUT2D eigenvalue weighted by Gasteiger charge is -2.22. The first-order valence-corrected chi connectivity index (χ1v) is 7.91. The summed E-state index contributed by atoms with van der Waals surface area (Å²) in [6.45, 7) is 0.940. The zero-order valence-electron chi connectivity index (χ0n) is 12.2. The first-order chi connectivity index (χ1) is 9.95. The third-order valence-corrected chi connectivity index (χ3v) is 4.89. The van der Waals surface area contributed by atoms with Crippen LogP contribution in [0.5, 0.6) is 0 Å². The molecule has 0 spiro atoms. The summed E-state index contributed by atoms with van der Waals surface area (Å²) < 4.78 is 50.0. The maximum absolute atomic E-state index is 13.9. The molecule has 0 aliphatic carbocycles. The van der Waals surface area contributed by atoms with Gasteiger partial charge in [0.25, 0.3) is 0 Å². The van der Waals surface area contributed by atoms with Gasteiger partial charge in [0.1, 0.15) is 10.7 Å². The number of ether oxygens (including phenoxy) is 2. The molecule has 0 amide bonds. The zero-order valence-corrected chi connectivity index (χ0v) is 13.0. The van der Waals surface area contributed by atoms with Crippen LogP contribution in [0.3, 0.4) is 0 Å². The summed E-state index contributed by atoms with van der Waals surface area (Å²) in [4.78, 5) is -0.487. The summed E-state index contributed by atoms with van der Waals surface area (Å²) in [5, 5.41) is 0. The number of hydrogen-bond acceptors (Lipinski definition) is 5. The molecule has 0 saturated heterocycles. The van der Waals surface area contributed by atoms with Crippen LogP contribution in [0.1, 0.15) is 6.42 Å². The minimum atomic E-state index is -4.02. The van der Waals surface area contributed by atoms with Crippen molar-refractivity contribution in [2.24, 2.45) is 0 Å². The Balaban J connectivity index is 3.07. The van der Waals surface area contributed by atoms with Crippen molar-refractivity contribution in [3.05, 3.63) is 24.0 Å². The molecule has 0 aromatic heterocycles. The Labute approximate surface area is 124 Å². The summed E-state index contributed by atoms with van der Waals surface area (Å²) in [6.07, 6.45) is 0.494. The normalized spacial score (nSPS) is 12.0. The second-order valence-corrected chi connectivity index (χ2v) is 6.28. The summed E-state index contributed by atoms with van der Waals surface area (Å²) in [5.74, 6) is -0.857. The van der Waals surface area contributed by atoms with Gasteiger partial charge in [-0.1, -0.05) is 6.07 Å². The Kier molecular flexibility index (Phi) is 7.03. The van der Waals surface area contributed by atoms with Gasteiger partial charge in [-0.15, -0.1) is 0 Å². The van der Waals surface area contributed by atoms with E-state index in [1.54, 1.807) is 0 Å². The Bertz CT molecular complexity index is 531. The van der Waals surface area contributed by atoms with Gasteiger partial charge in [-0.3, -0.25) is 0 Å². The minimum Gasteiger partial charge on any atom is -0.398 e. The first-order valence-electron chi connectivity index (χ1n) is 6.47. The van der Waals surface area contributed by atoms with Crippen molar-refractivity contribution in [3.8, 4) is 0 Å². The average Bonchev–Trinajstić information content (AvgIpc) is 2.42. The van der Waals surface area contributed by atoms with Crippen LogP contribution in [-0.4, -0.2) is 53.2 Å². The topological polar surface area (TPSA) is 81.9 Å². The number of methoxy groups -OCH3 is 2. The van der Waals surface area contributed by atoms with Gasteiger partial charge in [-0.05, 0) is 18.6 Å². The molecule has 0 radical (unpaired) electrons. The van der Waals surface area contributed by atoms with Gasteiger partial charge in [-0.25, -0.2) is 12.8 Å². The number of nitrogens with two attached hydrogens (primary N) is 1. The second kappa shape index (κ2) is 8.28. The number of nitrogens with zero attached hydrogens (tertiary/aromatic N) is 1. The van der Waals surface area contributed by atoms with E-state index in [9.17, 15) is 12.8 Å². The molecule has 0 aliphatic rings. The molecule has 0 fully saturated rings. The molecule has 1 rings (SSSR count). The highest BCUT2D eigenvalue weighted by Gasteiger charge is 2.29. The molecule has 1 aromatic carbocycles. The van der Waals surface area contributed by atoms with Gasteiger partial charge in [0, 0.05) is 33.9 Å². The molecule has 6 nitrogen and oxygen atoms in total. The third-order valence-electron chi connectivity index (χ3n) is 2.90. The van der Waals surface area contributed by atoms with E-state index in [1.165, 1.54) is 26.4 Å². The fourth-order valence-electron chi connectivity index (χ4n) is 1.86. The largest absolute Gasteiger partial charge is 0.398 e. The molecular formula is C13H21FN2O4S. The molecule has 0 bridgehead atoms. The lowest BCUT2D eigenvalue weighted by atomic mass is 10.3. The monoisotopic (exact) mass is 320 g/mol. The van der Waals surface area contributed by atoms with E-state index >= 15 is 0 Å². The molecule has 0 aliphatic heterocycles. The summed E-state index contributed by atoms with van der Waals surface area (Å²) >= 11 is 0. The van der Waals surface area contributed by atoms with Crippen molar-refractivity contribution >= 4 is 15.7 Å². The molecule has 0 unspecified atom stereocenters. The Hall–Kier alpha value is -1.22. The van der Waals surface area contributed by atoms with Crippen molar-refractivity contribution in [1.29, 1.82) is 0 Å². The SMILES string of the molecule is COCCCN(CCOC)S(=O)(=O)c1c(N)cccc1F. The van der Waals surface area contributed by atoms with Crippen LogP contribution in [0.15, 0.2) is 23.1 Å². The summed E-state index contributed by atoms with van der Waals surface area (Å²) in [5.41, 5.74) is 5.52. The Morgan fingerprint density at radius 1 is 1.19 bits per heavy atom. The lowest BCUT2D eigenvalue weighted by molar-refractivity contribution is 0.164. The van der Waals surface area contributed by atoms with E-state index in [-0.39, 0.29) is 25.4 Å². The molecule has 2 N–H and O–H groups in total. The molecule has 0 heterocycles. The predicted molar refractivity (Wildman–Crippen MR) is 77.9 cm³/mol. The molecule has 120 valence electrons. The van der Waals surface area contributed by atoms with Gasteiger partial charge < -0.3 is 15.2 Å². The van der Waals surface area contributed by atoms with Crippen LogP contribution in [0.4, 0.5) is 10.1 Å². The van der Waals surface area contributed by atoms with Crippen LogP contribution >= 0.6 is 0 Å². The van der Waals surface area contributed by atoms with Gasteiger partial charge in [-0.2, -0.15) is 4.31 Å². The number of anilines is 1. The van der Waals surface area contributed by atoms with Crippen LogP contribution in [0.2, 0.25) is 0 Å². The lowest BCUT2D eigenvalue weighted by Crippen LogP contribution is -2.36. The van der Waals surface area contributed by atoms with Gasteiger partial charge in [0.15, 0.2) is 0 Å². The van der Waals surface area contributed by atoms with Crippen LogP contribution in [0.25, 0.3) is 0 Å². The Morgan fingerprint density at radius 3 is 2.43 bits per heavy atom. The second-order valence-electron chi connectivity index (χ2n) is 4.40. The summed E-state index contributed by atoms with van der Waals surface area (Å²) in [6, 6.07) is 3.81. The van der Waals surface area contributed by atoms with E-state index in [4.69, 9.17) is 15.2 Å². The molecule has 8 heteroatoms. The first kappa shape index (κ1) is 17.8. The fraction of sp³-hybridized carbons (Fsp3) is 0.538. The number of halogens is 1. The number of nitrogen functional groups attached to an aromatic ring is 1. The number of sulfonamides is 1. The number of benzene rings is 1. The van der Waals surface area contributed by atoms with Crippen molar-refractivity contribution in [3.63, 3.8) is 0 Å². The summed E-state index contributed by atoms with van der Waals surface area (Å²) in [7, 11) is -1.02. The van der Waals surface area contributed by atoms with E-state index in [2.05, 4.69) is 0 Å². The molecule has 21 heavy (non-hydrogen) atoms. The van der Waals surface area contributed by atoms with Crippen molar-refractivity contribution in [2.45, 2.75) is 11.3 Å². The van der Waals surface area contributed by atoms with Crippen molar-refractivity contribution < 1.29 is 22.3 Å². The molecule has 0 atom stereocenters. The predicted octanol–water partition coefficient (Wildman–Crippen LogP) is 1.08. The zero-order chi connectivity index (χ0) is 15.9. The van der Waals surface area contributed by atoms with E-state index < -0.39 is 20.7 Å². The maximum atomic E-state index is 13.9. The highest BCUT2D eigenvalue weighted by atomic mass is 32.2. The van der Waals surface area contributed by atoms with Crippen LogP contribution < -0.4 is 5.73 Å². The van der Waals surface area contributed by atoms with Gasteiger partial charge in [0.2, 0.25) is 10.0 Å². The molecular weight excluding hydrogens is 299 g/mol. The standard InChI is InChI=1S/C13H21FN2O4S/c1-19-9-4-7-16(8-10-20-2)21(17,18)13-11(14)5-3-6-12(13)15/h3,5-6H,4,7-10,15H2,1-2H3. The Morgan fingerprint density at radius 2 is 1.86 bits per heavy atom. The number of rotatable bonds is 9. The fourth-order valence-corrected chi connectivity index (χ4v) is 3.48. The van der Waals surface area contributed by atoms with E-state index in [0.29, 0.717) is 13.0 Å². The van der Waals surface area contributed by atoms with E-state index in [1.807, 2.05) is 0 Å².